The molecule has 0 spiro atoms. The van der Waals surface area contributed by atoms with E-state index in [0.717, 1.165) is 0 Å². The molecule has 0 rings (SSSR count). The maximum atomic E-state index is 9.87. The maximum Gasteiger partial charge on any atom is 0.191 e. The molecule has 3 heteroatoms. The minimum atomic E-state index is -1.12. The minimum Gasteiger partial charge on any atom is -0.373 e. The van der Waals surface area contributed by atoms with Gasteiger partial charge in [0.05, 0.1) is 0 Å². The molecular weight excluding hydrogens is 156 g/mol. The number of ether oxygens (including phenoxy) is 2. The predicted octanol–water partition coefficient (Wildman–Crippen LogP) is 1.55. The largest absolute Gasteiger partial charge is 0.373 e. The second kappa shape index (κ2) is 5.51. The van der Waals surface area contributed by atoms with Gasteiger partial charge in [0.2, 0.25) is 0 Å². The molecule has 12 heavy (non-hydrogen) atoms. The van der Waals surface area contributed by atoms with E-state index in [0.29, 0.717) is 19.6 Å². The van der Waals surface area contributed by atoms with Gasteiger partial charge in [-0.15, -0.1) is 0 Å². The summed E-state index contributed by atoms with van der Waals surface area (Å²) in [6, 6.07) is 0. The predicted molar refractivity (Wildman–Crippen MR) is 48.0 cm³/mol. The van der Waals surface area contributed by atoms with Crippen LogP contribution in [-0.2, 0) is 9.47 Å². The second-order valence-electron chi connectivity index (χ2n) is 2.73. The van der Waals surface area contributed by atoms with Gasteiger partial charge in [0.25, 0.3) is 0 Å². The maximum absolute atomic E-state index is 9.87. The highest BCUT2D eigenvalue weighted by Gasteiger charge is 2.32. The normalized spacial score (nSPS) is 18.8. The topological polar surface area (TPSA) is 38.7 Å². The zero-order chi connectivity index (χ0) is 9.61. The Morgan fingerprint density at radius 1 is 1.25 bits per heavy atom. The first-order valence-corrected chi connectivity index (χ1v) is 4.58. The molecule has 0 heterocycles. The highest BCUT2D eigenvalue weighted by molar-refractivity contribution is 4.73. The van der Waals surface area contributed by atoms with Gasteiger partial charge in [-0.1, -0.05) is 6.92 Å². The van der Waals surface area contributed by atoms with Gasteiger partial charge in [-0.25, -0.2) is 0 Å². The van der Waals surface area contributed by atoms with Crippen LogP contribution in [0.15, 0.2) is 0 Å². The average molecular weight is 176 g/mol. The van der Waals surface area contributed by atoms with Crippen LogP contribution in [-0.4, -0.2) is 30.2 Å². The molecule has 3 nitrogen and oxygen atoms in total. The Morgan fingerprint density at radius 2 is 1.83 bits per heavy atom. The quantitative estimate of drug-likeness (QED) is 0.624. The van der Waals surface area contributed by atoms with E-state index in [-0.39, 0.29) is 6.10 Å². The summed E-state index contributed by atoms with van der Waals surface area (Å²) in [5, 5.41) is 9.87. The molecule has 0 amide bonds. The minimum absolute atomic E-state index is 0.271. The molecular formula is C9H20O3. The van der Waals surface area contributed by atoms with Crippen molar-refractivity contribution in [2.45, 2.75) is 46.0 Å². The van der Waals surface area contributed by atoms with E-state index in [1.165, 1.54) is 0 Å². The van der Waals surface area contributed by atoms with Gasteiger partial charge in [-0.05, 0) is 20.8 Å². The molecule has 0 aliphatic rings. The van der Waals surface area contributed by atoms with Gasteiger partial charge in [0.15, 0.2) is 5.79 Å². The van der Waals surface area contributed by atoms with Crippen LogP contribution < -0.4 is 0 Å². The fraction of sp³-hybridized carbons (Fsp3) is 1.00. The average Bonchev–Trinajstić information content (AvgIpc) is 2.05. The van der Waals surface area contributed by atoms with Crippen molar-refractivity contribution >= 4 is 0 Å². The Labute approximate surface area is 74.7 Å². The molecule has 0 radical (unpaired) electrons. The standard InChI is InChI=1S/C9H20O3/c1-5-9(10,12-7-3)8(4)11-6-2/h8,10H,5-7H2,1-4H3. The Kier molecular flexibility index (Phi) is 5.46. The third kappa shape index (κ3) is 3.09. The summed E-state index contributed by atoms with van der Waals surface area (Å²) < 4.78 is 10.5. The summed E-state index contributed by atoms with van der Waals surface area (Å²) in [7, 11) is 0. The van der Waals surface area contributed by atoms with Gasteiger partial charge in [-0.3, -0.25) is 0 Å². The molecule has 0 aromatic rings. The molecule has 0 aliphatic carbocycles. The van der Waals surface area contributed by atoms with E-state index in [4.69, 9.17) is 9.47 Å². The van der Waals surface area contributed by atoms with E-state index < -0.39 is 5.79 Å². The molecule has 2 atom stereocenters. The number of hydrogen-bond donors (Lipinski definition) is 1. The van der Waals surface area contributed by atoms with Crippen LogP contribution in [0, 0.1) is 0 Å². The van der Waals surface area contributed by atoms with Gasteiger partial charge in [0.1, 0.15) is 6.10 Å². The summed E-state index contributed by atoms with van der Waals surface area (Å²) in [5.74, 6) is -1.12. The van der Waals surface area contributed by atoms with Crippen molar-refractivity contribution in [2.75, 3.05) is 13.2 Å². The van der Waals surface area contributed by atoms with E-state index in [2.05, 4.69) is 0 Å². The molecule has 0 fully saturated rings. The van der Waals surface area contributed by atoms with Crippen molar-refractivity contribution in [3.63, 3.8) is 0 Å². The molecule has 1 N–H and O–H groups in total. The van der Waals surface area contributed by atoms with Crippen LogP contribution in [0.25, 0.3) is 0 Å². The first-order valence-electron chi connectivity index (χ1n) is 4.58. The highest BCUT2D eigenvalue weighted by Crippen LogP contribution is 2.19. The van der Waals surface area contributed by atoms with Gasteiger partial charge in [-0.2, -0.15) is 0 Å². The highest BCUT2D eigenvalue weighted by atomic mass is 16.6. The van der Waals surface area contributed by atoms with Gasteiger partial charge < -0.3 is 14.6 Å². The lowest BCUT2D eigenvalue weighted by molar-refractivity contribution is -0.261. The van der Waals surface area contributed by atoms with Crippen LogP contribution in [0.4, 0.5) is 0 Å². The summed E-state index contributed by atoms with van der Waals surface area (Å²) >= 11 is 0. The SMILES string of the molecule is CCOC(C)C(O)(CC)OCC. The first kappa shape index (κ1) is 11.9. The molecule has 0 saturated heterocycles. The summed E-state index contributed by atoms with van der Waals surface area (Å²) in [6.45, 7) is 8.56. The first-order chi connectivity index (χ1) is 5.60. The zero-order valence-corrected chi connectivity index (χ0v) is 8.46. The summed E-state index contributed by atoms with van der Waals surface area (Å²) in [6.07, 6.45) is 0.273. The van der Waals surface area contributed by atoms with E-state index in [9.17, 15) is 5.11 Å². The number of hydrogen-bond acceptors (Lipinski definition) is 3. The smallest absolute Gasteiger partial charge is 0.191 e. The summed E-state index contributed by atoms with van der Waals surface area (Å²) in [4.78, 5) is 0. The van der Waals surface area contributed by atoms with E-state index in [1.807, 2.05) is 27.7 Å². The summed E-state index contributed by atoms with van der Waals surface area (Å²) in [5.41, 5.74) is 0. The number of aliphatic hydroxyl groups is 1. The lowest BCUT2D eigenvalue weighted by atomic mass is 10.1. The molecule has 74 valence electrons. The van der Waals surface area contributed by atoms with Crippen molar-refractivity contribution in [1.29, 1.82) is 0 Å². The van der Waals surface area contributed by atoms with Crippen LogP contribution in [0.1, 0.15) is 34.1 Å². The van der Waals surface area contributed by atoms with Crippen molar-refractivity contribution in [3.05, 3.63) is 0 Å². The van der Waals surface area contributed by atoms with Gasteiger partial charge >= 0.3 is 0 Å². The van der Waals surface area contributed by atoms with Crippen LogP contribution in [0.2, 0.25) is 0 Å². The van der Waals surface area contributed by atoms with Crippen LogP contribution in [0.5, 0.6) is 0 Å². The molecule has 0 aromatic carbocycles. The fourth-order valence-electron chi connectivity index (χ4n) is 1.14. The van der Waals surface area contributed by atoms with Crippen molar-refractivity contribution in [1.82, 2.24) is 0 Å². The second-order valence-corrected chi connectivity index (χ2v) is 2.73. The van der Waals surface area contributed by atoms with E-state index in [1.54, 1.807) is 0 Å². The number of rotatable bonds is 6. The van der Waals surface area contributed by atoms with Crippen molar-refractivity contribution in [3.8, 4) is 0 Å². The monoisotopic (exact) mass is 176 g/mol. The van der Waals surface area contributed by atoms with Crippen LogP contribution >= 0.6 is 0 Å². The van der Waals surface area contributed by atoms with Gasteiger partial charge in [0, 0.05) is 19.6 Å². The Hall–Kier alpha value is -0.120. The molecule has 0 saturated carbocycles. The Bertz CT molecular complexity index is 116. The van der Waals surface area contributed by atoms with Crippen molar-refractivity contribution in [2.24, 2.45) is 0 Å². The Morgan fingerprint density at radius 3 is 2.17 bits per heavy atom. The third-order valence-electron chi connectivity index (χ3n) is 1.95. The molecule has 0 bridgehead atoms. The molecule has 0 aromatic heterocycles. The third-order valence-corrected chi connectivity index (χ3v) is 1.95. The Balaban J connectivity index is 4.08. The fourth-order valence-corrected chi connectivity index (χ4v) is 1.14. The van der Waals surface area contributed by atoms with Crippen molar-refractivity contribution < 1.29 is 14.6 Å². The lowest BCUT2D eigenvalue weighted by Gasteiger charge is -2.32. The molecule has 0 aliphatic heterocycles. The zero-order valence-electron chi connectivity index (χ0n) is 8.46. The van der Waals surface area contributed by atoms with E-state index >= 15 is 0 Å². The molecule has 2 unspecified atom stereocenters. The lowest BCUT2D eigenvalue weighted by Crippen LogP contribution is -2.44. The van der Waals surface area contributed by atoms with Crippen LogP contribution in [0.3, 0.4) is 0 Å².